The summed E-state index contributed by atoms with van der Waals surface area (Å²) in [6.07, 6.45) is 1.10. The lowest BCUT2D eigenvalue weighted by Gasteiger charge is -2.24. The average molecular weight is 195 g/mol. The summed E-state index contributed by atoms with van der Waals surface area (Å²) in [7, 11) is 0. The van der Waals surface area contributed by atoms with Gasteiger partial charge in [0.2, 0.25) is 0 Å². The third-order valence-corrected chi connectivity index (χ3v) is 2.14. The van der Waals surface area contributed by atoms with Gasteiger partial charge in [-0.1, -0.05) is 0 Å². The van der Waals surface area contributed by atoms with Crippen LogP contribution in [0.15, 0.2) is 6.33 Å². The minimum Gasteiger partial charge on any atom is -0.337 e. The Bertz CT molecular complexity index is 370. The quantitative estimate of drug-likeness (QED) is 0.582. The number of imidazole rings is 1. The zero-order chi connectivity index (χ0) is 10.3. The summed E-state index contributed by atoms with van der Waals surface area (Å²) in [5.74, 6) is 0.460. The number of nitrogens with two attached hydrogens (primary N) is 1. The number of fused-ring (bicyclic) bond motifs is 1. The van der Waals surface area contributed by atoms with Crippen LogP contribution in [0.3, 0.4) is 0 Å². The molecule has 0 saturated carbocycles. The SMILES string of the molecule is CC(C)n1cnc2c1NC(N)NC2=O. The summed E-state index contributed by atoms with van der Waals surface area (Å²) in [6.45, 7) is 4.03. The molecule has 2 rings (SSSR count). The second kappa shape index (κ2) is 2.98. The van der Waals surface area contributed by atoms with Gasteiger partial charge >= 0.3 is 0 Å². The van der Waals surface area contributed by atoms with E-state index in [0.29, 0.717) is 11.5 Å². The first-order valence-electron chi connectivity index (χ1n) is 4.49. The van der Waals surface area contributed by atoms with E-state index < -0.39 is 6.29 Å². The summed E-state index contributed by atoms with van der Waals surface area (Å²) >= 11 is 0. The summed E-state index contributed by atoms with van der Waals surface area (Å²) in [4.78, 5) is 15.5. The monoisotopic (exact) mass is 195 g/mol. The van der Waals surface area contributed by atoms with Crippen molar-refractivity contribution >= 4 is 11.7 Å². The van der Waals surface area contributed by atoms with Crippen LogP contribution in [0.4, 0.5) is 5.82 Å². The molecule has 1 aromatic heterocycles. The van der Waals surface area contributed by atoms with Crippen LogP contribution in [-0.4, -0.2) is 21.7 Å². The molecule has 1 atom stereocenters. The van der Waals surface area contributed by atoms with Gasteiger partial charge in [0.25, 0.3) is 5.91 Å². The van der Waals surface area contributed by atoms with Crippen molar-refractivity contribution in [2.45, 2.75) is 26.2 Å². The fraction of sp³-hybridized carbons (Fsp3) is 0.500. The highest BCUT2D eigenvalue weighted by Gasteiger charge is 2.26. The van der Waals surface area contributed by atoms with Crippen LogP contribution in [0.1, 0.15) is 30.4 Å². The molecule has 0 aromatic carbocycles. The number of hydrogen-bond acceptors (Lipinski definition) is 4. The first kappa shape index (κ1) is 9.01. The summed E-state index contributed by atoms with van der Waals surface area (Å²) in [6, 6.07) is 0.247. The molecule has 0 radical (unpaired) electrons. The molecule has 6 heteroatoms. The van der Waals surface area contributed by atoms with Gasteiger partial charge in [0.05, 0.1) is 6.33 Å². The average Bonchev–Trinajstić information content (AvgIpc) is 2.47. The van der Waals surface area contributed by atoms with E-state index in [1.54, 1.807) is 6.33 Å². The van der Waals surface area contributed by atoms with Crippen LogP contribution >= 0.6 is 0 Å². The van der Waals surface area contributed by atoms with Crippen LogP contribution in [0, 0.1) is 0 Å². The first-order chi connectivity index (χ1) is 6.59. The number of nitrogens with zero attached hydrogens (tertiary/aromatic N) is 2. The molecule has 4 N–H and O–H groups in total. The molecule has 0 saturated heterocycles. The Morgan fingerprint density at radius 1 is 1.57 bits per heavy atom. The molecule has 6 nitrogen and oxygen atoms in total. The lowest BCUT2D eigenvalue weighted by atomic mass is 10.3. The van der Waals surface area contributed by atoms with Crippen molar-refractivity contribution in [3.8, 4) is 0 Å². The summed E-state index contributed by atoms with van der Waals surface area (Å²) < 4.78 is 1.88. The molecule has 14 heavy (non-hydrogen) atoms. The van der Waals surface area contributed by atoms with Gasteiger partial charge < -0.3 is 15.2 Å². The van der Waals surface area contributed by atoms with Crippen LogP contribution < -0.4 is 16.4 Å². The fourth-order valence-corrected chi connectivity index (χ4v) is 1.45. The molecule has 0 bridgehead atoms. The number of hydrogen-bond donors (Lipinski definition) is 3. The smallest absolute Gasteiger partial charge is 0.276 e. The second-order valence-electron chi connectivity index (χ2n) is 3.54. The van der Waals surface area contributed by atoms with Gasteiger partial charge in [0, 0.05) is 6.04 Å². The molecule has 1 amide bonds. The van der Waals surface area contributed by atoms with Crippen LogP contribution in [0.5, 0.6) is 0 Å². The van der Waals surface area contributed by atoms with Gasteiger partial charge in [0.1, 0.15) is 5.82 Å². The lowest BCUT2D eigenvalue weighted by molar-refractivity contribution is 0.0932. The van der Waals surface area contributed by atoms with Gasteiger partial charge in [-0.3, -0.25) is 10.5 Å². The van der Waals surface area contributed by atoms with Crippen molar-refractivity contribution in [3.05, 3.63) is 12.0 Å². The molecule has 1 aliphatic heterocycles. The molecule has 2 heterocycles. The zero-order valence-corrected chi connectivity index (χ0v) is 8.11. The Morgan fingerprint density at radius 3 is 2.93 bits per heavy atom. The normalized spacial score (nSPS) is 20.3. The third kappa shape index (κ3) is 1.24. The number of amides is 1. The number of carbonyl (C=O) groups excluding carboxylic acids is 1. The Morgan fingerprint density at radius 2 is 2.29 bits per heavy atom. The summed E-state index contributed by atoms with van der Waals surface area (Å²) in [5, 5.41) is 5.51. The molecule has 1 unspecified atom stereocenters. The van der Waals surface area contributed by atoms with Crippen molar-refractivity contribution in [2.24, 2.45) is 5.73 Å². The Labute approximate surface area is 81.5 Å². The van der Waals surface area contributed by atoms with Crippen molar-refractivity contribution in [3.63, 3.8) is 0 Å². The van der Waals surface area contributed by atoms with Crippen LogP contribution in [0.2, 0.25) is 0 Å². The van der Waals surface area contributed by atoms with E-state index in [1.807, 2.05) is 18.4 Å². The van der Waals surface area contributed by atoms with Crippen LogP contribution in [0.25, 0.3) is 0 Å². The van der Waals surface area contributed by atoms with Crippen molar-refractivity contribution in [1.82, 2.24) is 14.9 Å². The van der Waals surface area contributed by atoms with E-state index >= 15 is 0 Å². The fourth-order valence-electron chi connectivity index (χ4n) is 1.45. The molecule has 1 aliphatic rings. The van der Waals surface area contributed by atoms with Crippen molar-refractivity contribution < 1.29 is 4.79 Å². The minimum atomic E-state index is -0.538. The molecular formula is C8H13N5O. The predicted octanol–water partition coefficient (Wildman–Crippen LogP) is -0.138. The number of nitrogens with one attached hydrogen (secondary N) is 2. The largest absolute Gasteiger partial charge is 0.337 e. The molecule has 1 aromatic rings. The molecular weight excluding hydrogens is 182 g/mol. The second-order valence-corrected chi connectivity index (χ2v) is 3.54. The minimum absolute atomic E-state index is 0.231. The van der Waals surface area contributed by atoms with E-state index in [2.05, 4.69) is 15.6 Å². The molecule has 76 valence electrons. The Balaban J connectivity index is 2.46. The third-order valence-electron chi connectivity index (χ3n) is 2.14. The van der Waals surface area contributed by atoms with E-state index in [4.69, 9.17) is 5.73 Å². The maximum atomic E-state index is 11.4. The zero-order valence-electron chi connectivity index (χ0n) is 8.11. The number of anilines is 1. The first-order valence-corrected chi connectivity index (χ1v) is 4.49. The highest BCUT2D eigenvalue weighted by atomic mass is 16.2. The highest BCUT2D eigenvalue weighted by Crippen LogP contribution is 2.21. The lowest BCUT2D eigenvalue weighted by Crippen LogP contribution is -2.51. The number of aromatic nitrogens is 2. The van der Waals surface area contributed by atoms with Gasteiger partial charge in [-0.05, 0) is 13.8 Å². The van der Waals surface area contributed by atoms with E-state index in [9.17, 15) is 4.79 Å². The van der Waals surface area contributed by atoms with Gasteiger partial charge in [-0.25, -0.2) is 4.98 Å². The van der Waals surface area contributed by atoms with E-state index in [1.165, 1.54) is 0 Å². The van der Waals surface area contributed by atoms with Crippen molar-refractivity contribution in [2.75, 3.05) is 5.32 Å². The summed E-state index contributed by atoms with van der Waals surface area (Å²) in [5.41, 5.74) is 5.99. The van der Waals surface area contributed by atoms with Crippen LogP contribution in [-0.2, 0) is 0 Å². The number of rotatable bonds is 1. The Kier molecular flexibility index (Phi) is 1.92. The van der Waals surface area contributed by atoms with Gasteiger partial charge in [-0.2, -0.15) is 0 Å². The standard InChI is InChI=1S/C8H13N5O/c1-4(2)13-3-10-5-6(13)11-8(9)12-7(5)14/h3-4,8,11H,9H2,1-2H3,(H,12,14). The topological polar surface area (TPSA) is 85.0 Å². The maximum absolute atomic E-state index is 11.4. The highest BCUT2D eigenvalue weighted by molar-refractivity contribution is 5.98. The Hall–Kier alpha value is -1.56. The molecule has 0 aliphatic carbocycles. The van der Waals surface area contributed by atoms with Crippen molar-refractivity contribution in [1.29, 1.82) is 0 Å². The molecule has 0 spiro atoms. The maximum Gasteiger partial charge on any atom is 0.276 e. The van der Waals surface area contributed by atoms with E-state index in [-0.39, 0.29) is 11.9 Å². The van der Waals surface area contributed by atoms with E-state index in [0.717, 1.165) is 0 Å². The predicted molar refractivity (Wildman–Crippen MR) is 51.7 cm³/mol. The molecule has 0 fully saturated rings. The van der Waals surface area contributed by atoms with Gasteiger partial charge in [-0.15, -0.1) is 0 Å². The number of carbonyl (C=O) groups is 1. The van der Waals surface area contributed by atoms with Gasteiger partial charge in [0.15, 0.2) is 12.0 Å².